The molecule has 1 heterocycles. The van der Waals surface area contributed by atoms with Crippen LogP contribution in [0.1, 0.15) is 46.9 Å². The Morgan fingerprint density at radius 2 is 1.83 bits per heavy atom. The third-order valence-corrected chi connectivity index (χ3v) is 6.42. The molecule has 0 unspecified atom stereocenters. The van der Waals surface area contributed by atoms with E-state index in [9.17, 15) is 9.59 Å². The molecule has 2 amide bonds. The van der Waals surface area contributed by atoms with Gasteiger partial charge in [0.25, 0.3) is 5.91 Å². The van der Waals surface area contributed by atoms with Gasteiger partial charge >= 0.3 is 6.09 Å². The van der Waals surface area contributed by atoms with Gasteiger partial charge in [0.15, 0.2) is 0 Å². The maximum Gasteiger partial charge on any atom is 0.406 e. The highest BCUT2D eigenvalue weighted by Gasteiger charge is 2.22. The summed E-state index contributed by atoms with van der Waals surface area (Å²) < 4.78 is 16.2. The van der Waals surface area contributed by atoms with E-state index in [4.69, 9.17) is 21.1 Å². The molecule has 2 aromatic rings. The molecular weight excluding hydrogens is 482 g/mol. The zero-order valence-electron chi connectivity index (χ0n) is 20.9. The average molecular weight is 518 g/mol. The van der Waals surface area contributed by atoms with Crippen molar-refractivity contribution in [2.75, 3.05) is 47.1 Å². The number of likely N-dealkylation sites (N-methyl/N-ethyl adjacent to an activating group) is 1. The minimum Gasteiger partial charge on any atom is -0.453 e. The van der Waals surface area contributed by atoms with E-state index in [2.05, 4.69) is 20.7 Å². The number of hydrogen-bond acceptors (Lipinski definition) is 6. The van der Waals surface area contributed by atoms with Crippen LogP contribution in [0.15, 0.2) is 48.5 Å². The summed E-state index contributed by atoms with van der Waals surface area (Å²) in [7, 11) is 3.21. The molecule has 0 aromatic heterocycles. The summed E-state index contributed by atoms with van der Waals surface area (Å²) in [5, 5.41) is 9.59. The number of amides is 2. The van der Waals surface area contributed by atoms with Gasteiger partial charge in [-0.3, -0.25) is 4.79 Å². The van der Waals surface area contributed by atoms with E-state index in [-0.39, 0.29) is 25.1 Å². The molecule has 0 spiro atoms. The molecule has 36 heavy (non-hydrogen) atoms. The molecule has 1 aliphatic heterocycles. The van der Waals surface area contributed by atoms with Crippen molar-refractivity contribution in [2.45, 2.75) is 31.4 Å². The van der Waals surface area contributed by atoms with E-state index >= 15 is 0 Å². The minimum atomic E-state index is -0.520. The van der Waals surface area contributed by atoms with Crippen LogP contribution in [0.25, 0.3) is 0 Å². The Morgan fingerprint density at radius 3 is 2.53 bits per heavy atom. The van der Waals surface area contributed by atoms with Crippen molar-refractivity contribution in [1.29, 1.82) is 0 Å². The molecule has 8 nitrogen and oxygen atoms in total. The Morgan fingerprint density at radius 1 is 1.11 bits per heavy atom. The van der Waals surface area contributed by atoms with Crippen molar-refractivity contribution in [3.63, 3.8) is 0 Å². The monoisotopic (exact) mass is 517 g/mol. The summed E-state index contributed by atoms with van der Waals surface area (Å²) in [6.07, 6.45) is 1.97. The summed E-state index contributed by atoms with van der Waals surface area (Å²) in [5.41, 5.74) is 2.23. The van der Waals surface area contributed by atoms with Crippen LogP contribution in [0.2, 0.25) is 5.02 Å². The van der Waals surface area contributed by atoms with Crippen LogP contribution >= 0.6 is 11.6 Å². The molecule has 1 aliphatic rings. The predicted octanol–water partition coefficient (Wildman–Crippen LogP) is 3.94. The Hall–Kier alpha value is -2.65. The van der Waals surface area contributed by atoms with Gasteiger partial charge in [0, 0.05) is 42.9 Å². The van der Waals surface area contributed by atoms with E-state index < -0.39 is 12.2 Å². The zero-order chi connectivity index (χ0) is 25.8. The molecule has 3 rings (SSSR count). The Labute approximate surface area is 218 Å². The Bertz CT molecular complexity index is 983. The fourth-order valence-corrected chi connectivity index (χ4v) is 4.59. The zero-order valence-corrected chi connectivity index (χ0v) is 21.7. The van der Waals surface area contributed by atoms with Crippen molar-refractivity contribution < 1.29 is 23.8 Å². The molecule has 1 saturated heterocycles. The number of hydrogen-bond donors (Lipinski definition) is 3. The largest absolute Gasteiger partial charge is 0.453 e. The lowest BCUT2D eigenvalue weighted by molar-refractivity contribution is 0.0598. The van der Waals surface area contributed by atoms with Crippen LogP contribution < -0.4 is 16.0 Å². The van der Waals surface area contributed by atoms with E-state index in [1.54, 1.807) is 12.1 Å². The van der Waals surface area contributed by atoms with Crippen LogP contribution in [0.5, 0.6) is 0 Å². The van der Waals surface area contributed by atoms with E-state index in [1.807, 2.05) is 43.4 Å². The molecule has 0 radical (unpaired) electrons. The topological polar surface area (TPSA) is 97.9 Å². The number of methoxy groups -OCH3 is 1. The minimum absolute atomic E-state index is 0.0265. The van der Waals surface area contributed by atoms with Crippen molar-refractivity contribution in [1.82, 2.24) is 16.0 Å². The first-order valence-electron chi connectivity index (χ1n) is 12.3. The maximum absolute atomic E-state index is 13.2. The molecule has 2 aromatic carbocycles. The smallest absolute Gasteiger partial charge is 0.406 e. The number of rotatable bonds is 12. The average Bonchev–Trinajstić information content (AvgIpc) is 2.89. The molecular formula is C27H36ClN3O5. The molecule has 9 heteroatoms. The highest BCUT2D eigenvalue weighted by Crippen LogP contribution is 2.28. The third kappa shape index (κ3) is 8.78. The molecule has 2 atom stereocenters. The van der Waals surface area contributed by atoms with Gasteiger partial charge in [0.2, 0.25) is 0 Å². The number of ether oxygens (including phenoxy) is 3. The number of alkyl carbamates (subject to hydrolysis) is 1. The standard InChI is InChI=1S/C27H36ClN3O5/c1-29-18-24(15-19-9-12-35-13-10-19)31-26(32)22-7-3-5-20(16-22)25(21-6-4-8-23(28)17-21)36-14-11-30-27(33)34-2/h3-8,16-17,19,24-25,29H,9-15,18H2,1-2H3,(H,30,33)(H,31,32)/t24-,25+/m0/s1. The van der Waals surface area contributed by atoms with Crippen molar-refractivity contribution in [3.8, 4) is 0 Å². The van der Waals surface area contributed by atoms with Crippen LogP contribution in [-0.2, 0) is 14.2 Å². The van der Waals surface area contributed by atoms with E-state index in [0.717, 1.165) is 43.6 Å². The van der Waals surface area contributed by atoms with Crippen LogP contribution in [0.3, 0.4) is 0 Å². The van der Waals surface area contributed by atoms with Crippen LogP contribution in [-0.4, -0.2) is 65.1 Å². The summed E-state index contributed by atoms with van der Waals surface area (Å²) in [6, 6.07) is 14.9. The second-order valence-electron chi connectivity index (χ2n) is 8.87. The number of carbonyl (C=O) groups excluding carboxylic acids is 2. The van der Waals surface area contributed by atoms with Crippen LogP contribution in [0.4, 0.5) is 4.79 Å². The molecule has 0 bridgehead atoms. The van der Waals surface area contributed by atoms with Crippen molar-refractivity contribution in [3.05, 3.63) is 70.2 Å². The van der Waals surface area contributed by atoms with Gasteiger partial charge in [-0.2, -0.15) is 0 Å². The first kappa shape index (κ1) is 27.9. The molecule has 0 saturated carbocycles. The summed E-state index contributed by atoms with van der Waals surface area (Å²) in [6.45, 7) is 2.80. The van der Waals surface area contributed by atoms with Gasteiger partial charge in [-0.25, -0.2) is 4.79 Å². The van der Waals surface area contributed by atoms with Gasteiger partial charge in [-0.1, -0.05) is 35.9 Å². The fraction of sp³-hybridized carbons (Fsp3) is 0.481. The number of benzene rings is 2. The summed E-state index contributed by atoms with van der Waals surface area (Å²) in [5.74, 6) is 0.421. The normalized spacial score (nSPS) is 15.6. The fourth-order valence-electron chi connectivity index (χ4n) is 4.39. The second-order valence-corrected chi connectivity index (χ2v) is 9.31. The quantitative estimate of drug-likeness (QED) is 0.369. The first-order chi connectivity index (χ1) is 17.5. The summed E-state index contributed by atoms with van der Waals surface area (Å²) in [4.78, 5) is 24.6. The van der Waals surface area contributed by atoms with Gasteiger partial charge in [0.05, 0.1) is 13.7 Å². The Kier molecular flexibility index (Phi) is 11.5. The third-order valence-electron chi connectivity index (χ3n) is 6.19. The number of nitrogens with one attached hydrogen (secondary N) is 3. The maximum atomic E-state index is 13.2. The molecule has 196 valence electrons. The molecule has 3 N–H and O–H groups in total. The lowest BCUT2D eigenvalue weighted by Crippen LogP contribution is -2.43. The number of halogens is 1. The first-order valence-corrected chi connectivity index (χ1v) is 12.7. The molecule has 1 fully saturated rings. The van der Waals surface area contributed by atoms with Gasteiger partial charge < -0.3 is 30.2 Å². The van der Waals surface area contributed by atoms with Gasteiger partial charge in [0.1, 0.15) is 6.10 Å². The van der Waals surface area contributed by atoms with E-state index in [1.165, 1.54) is 7.11 Å². The SMILES string of the molecule is CNC[C@H](CC1CCOCC1)NC(=O)c1cccc([C@@H](OCCNC(=O)OC)c2cccc(Cl)c2)c1. The van der Waals surface area contributed by atoms with E-state index in [0.29, 0.717) is 23.0 Å². The van der Waals surface area contributed by atoms with Crippen molar-refractivity contribution in [2.24, 2.45) is 5.92 Å². The summed E-state index contributed by atoms with van der Waals surface area (Å²) >= 11 is 6.24. The van der Waals surface area contributed by atoms with Gasteiger partial charge in [-0.15, -0.1) is 0 Å². The lowest BCUT2D eigenvalue weighted by atomic mass is 9.92. The van der Waals surface area contributed by atoms with Crippen molar-refractivity contribution >= 4 is 23.6 Å². The number of carbonyl (C=O) groups is 2. The molecule has 0 aliphatic carbocycles. The second kappa shape index (κ2) is 14.8. The van der Waals surface area contributed by atoms with Crippen LogP contribution in [0, 0.1) is 5.92 Å². The predicted molar refractivity (Wildman–Crippen MR) is 139 cm³/mol. The Balaban J connectivity index is 1.73. The highest BCUT2D eigenvalue weighted by molar-refractivity contribution is 6.30. The highest BCUT2D eigenvalue weighted by atomic mass is 35.5. The lowest BCUT2D eigenvalue weighted by Gasteiger charge is -2.27. The van der Waals surface area contributed by atoms with Gasteiger partial charge in [-0.05, 0) is 67.6 Å².